The lowest BCUT2D eigenvalue weighted by atomic mass is 9.47. The lowest BCUT2D eigenvalue weighted by Crippen LogP contribution is -2.50. The molecule has 1 saturated heterocycles. The van der Waals surface area contributed by atoms with Crippen LogP contribution in [0.3, 0.4) is 0 Å². The van der Waals surface area contributed by atoms with Crippen LogP contribution in [0.2, 0.25) is 0 Å². The van der Waals surface area contributed by atoms with Crippen molar-refractivity contribution in [3.8, 4) is 0 Å². The van der Waals surface area contributed by atoms with E-state index in [-0.39, 0.29) is 18.8 Å². The normalized spacial score (nSPS) is 37.1. The van der Waals surface area contributed by atoms with Crippen LogP contribution in [-0.2, 0) is 9.59 Å². The number of Topliss-reactive ketones (excluding diaryl/α,β-unsaturated/α-hetero) is 1. The summed E-state index contributed by atoms with van der Waals surface area (Å²) in [5, 5.41) is 10.5. The molecular weight excluding hydrogens is 631 g/mol. The summed E-state index contributed by atoms with van der Waals surface area (Å²) >= 11 is 0. The van der Waals surface area contributed by atoms with Gasteiger partial charge in [-0.15, -0.1) is 0 Å². The zero-order valence-corrected chi connectivity index (χ0v) is 33.0. The number of rotatable bonds is 17. The third kappa shape index (κ3) is 9.12. The molecular formula is C42H71NO3S2. The molecule has 10 atom stereocenters. The fourth-order valence-corrected chi connectivity index (χ4v) is 14.1. The highest BCUT2D eigenvalue weighted by Gasteiger charge is 2.59. The Hall–Kier alpha value is -0.460. The second-order valence-electron chi connectivity index (χ2n) is 17.9. The summed E-state index contributed by atoms with van der Waals surface area (Å²) in [7, 11) is 3.99. The van der Waals surface area contributed by atoms with E-state index in [0.29, 0.717) is 54.1 Å². The molecule has 5 rings (SSSR count). The molecule has 5 aliphatic rings. The summed E-state index contributed by atoms with van der Waals surface area (Å²) in [6, 6.07) is -0.127. The Morgan fingerprint density at radius 3 is 2.54 bits per heavy atom. The minimum absolute atomic E-state index is 0.0718. The van der Waals surface area contributed by atoms with E-state index in [1.165, 1.54) is 70.6 Å². The van der Waals surface area contributed by atoms with Crippen LogP contribution in [0.5, 0.6) is 0 Å². The van der Waals surface area contributed by atoms with E-state index in [2.05, 4.69) is 51.5 Å². The van der Waals surface area contributed by atoms with Gasteiger partial charge in [-0.1, -0.05) is 100.0 Å². The number of β-amino-alcohol motifs (C(OH)–C–C–N with tert-alkyl or cyclic N) is 1. The molecule has 48 heavy (non-hydrogen) atoms. The molecule has 0 spiro atoms. The summed E-state index contributed by atoms with van der Waals surface area (Å²) in [5.41, 5.74) is 2.76. The number of ketones is 1. The number of likely N-dealkylation sites (tertiary alicyclic amines) is 1. The van der Waals surface area contributed by atoms with Crippen LogP contribution in [0.15, 0.2) is 11.6 Å². The van der Waals surface area contributed by atoms with Crippen molar-refractivity contribution in [3.63, 3.8) is 0 Å². The van der Waals surface area contributed by atoms with E-state index >= 15 is 0 Å². The first-order valence-corrected chi connectivity index (χ1v) is 22.6. The molecule has 3 unspecified atom stereocenters. The zero-order chi connectivity index (χ0) is 35.2. The second kappa shape index (κ2) is 17.4. The summed E-state index contributed by atoms with van der Waals surface area (Å²) in [6.45, 7) is 13.2. The minimum atomic E-state index is -0.477. The maximum Gasteiger partial charge on any atom is 0.222 e. The average molecular weight is 703 g/mol. The molecule has 0 aromatic rings. The number of hydrogen-bond donors (Lipinski definition) is 1. The predicted octanol–water partition coefficient (Wildman–Crippen LogP) is 11.1. The van der Waals surface area contributed by atoms with E-state index in [9.17, 15) is 14.7 Å². The van der Waals surface area contributed by atoms with Crippen LogP contribution in [-0.4, -0.2) is 51.4 Å². The van der Waals surface area contributed by atoms with Crippen LogP contribution in [0.4, 0.5) is 0 Å². The Kier molecular flexibility index (Phi) is 13.5. The van der Waals surface area contributed by atoms with Gasteiger partial charge in [0.05, 0.1) is 6.10 Å². The number of carbonyl (C=O) groups is 2. The van der Waals surface area contributed by atoms with Crippen molar-refractivity contribution in [2.75, 3.05) is 12.3 Å². The van der Waals surface area contributed by atoms with Crippen LogP contribution in [0.25, 0.3) is 0 Å². The molecule has 1 heterocycles. The third-order valence-corrected chi connectivity index (χ3v) is 17.1. The van der Waals surface area contributed by atoms with Crippen LogP contribution < -0.4 is 0 Å². The SMILES string of the molecule is [2H]C[C@@H]1C[C@@H](O)CN1C(=O)CCCCCCC(=O)CCSS[C@H]1CC[C@@]2(C)C(=CCC3C2CC[C@@]2(C)C3CC[C@@H]2[C@H](C)CCCC(C)C)C1. The van der Waals surface area contributed by atoms with Crippen molar-refractivity contribution in [1.29, 1.82) is 0 Å². The summed E-state index contributed by atoms with van der Waals surface area (Å²) in [4.78, 5) is 26.8. The summed E-state index contributed by atoms with van der Waals surface area (Å²) < 4.78 is 7.62. The Morgan fingerprint density at radius 1 is 0.979 bits per heavy atom. The molecule has 0 radical (unpaired) electrons. The lowest BCUT2D eigenvalue weighted by Gasteiger charge is -2.58. The molecule has 4 aliphatic carbocycles. The molecule has 0 bridgehead atoms. The Morgan fingerprint density at radius 2 is 1.77 bits per heavy atom. The average Bonchev–Trinajstić information content (AvgIpc) is 3.63. The zero-order valence-electron chi connectivity index (χ0n) is 32.4. The van der Waals surface area contributed by atoms with Crippen LogP contribution in [0.1, 0.15) is 165 Å². The number of nitrogens with zero attached hydrogens (tertiary/aromatic N) is 1. The fourth-order valence-electron chi connectivity index (χ4n) is 11.5. The van der Waals surface area contributed by atoms with Gasteiger partial charge >= 0.3 is 0 Å². The van der Waals surface area contributed by atoms with Crippen molar-refractivity contribution >= 4 is 33.3 Å². The van der Waals surface area contributed by atoms with Gasteiger partial charge in [0.1, 0.15) is 5.78 Å². The van der Waals surface area contributed by atoms with Crippen LogP contribution in [0, 0.1) is 46.3 Å². The van der Waals surface area contributed by atoms with Gasteiger partial charge in [-0.25, -0.2) is 0 Å². The monoisotopic (exact) mass is 702 g/mol. The predicted molar refractivity (Wildman–Crippen MR) is 206 cm³/mol. The van der Waals surface area contributed by atoms with Gasteiger partial charge in [-0.05, 0) is 124 Å². The first-order chi connectivity index (χ1) is 23.5. The maximum absolute atomic E-state index is 12.6. The maximum atomic E-state index is 12.6. The number of amides is 1. The molecule has 1 N–H and O–H groups in total. The van der Waals surface area contributed by atoms with Crippen LogP contribution >= 0.6 is 21.6 Å². The Balaban J connectivity index is 0.970. The smallest absolute Gasteiger partial charge is 0.222 e. The topological polar surface area (TPSA) is 57.6 Å². The van der Waals surface area contributed by atoms with Crippen molar-refractivity contribution in [2.24, 2.45) is 46.3 Å². The van der Waals surface area contributed by atoms with E-state index in [1.807, 2.05) is 10.8 Å². The number of unbranched alkanes of at least 4 members (excludes halogenated alkanes) is 3. The minimum Gasteiger partial charge on any atom is -0.391 e. The van der Waals surface area contributed by atoms with Gasteiger partial charge in [0.25, 0.3) is 0 Å². The van der Waals surface area contributed by atoms with E-state index in [1.54, 1.807) is 10.5 Å². The van der Waals surface area contributed by atoms with E-state index < -0.39 is 6.10 Å². The Labute approximate surface area is 304 Å². The molecule has 0 aromatic heterocycles. The molecule has 274 valence electrons. The molecule has 6 heteroatoms. The van der Waals surface area contributed by atoms with Gasteiger partial charge in [0.2, 0.25) is 5.91 Å². The summed E-state index contributed by atoms with van der Waals surface area (Å²) in [5.74, 6) is 6.74. The lowest BCUT2D eigenvalue weighted by molar-refractivity contribution is -0.132. The summed E-state index contributed by atoms with van der Waals surface area (Å²) in [6.07, 6.45) is 23.7. The Bertz CT molecular complexity index is 1130. The van der Waals surface area contributed by atoms with Crippen molar-refractivity contribution in [3.05, 3.63) is 11.6 Å². The molecule has 0 aromatic carbocycles. The number of hydrogen-bond acceptors (Lipinski definition) is 5. The first-order valence-electron chi connectivity index (χ1n) is 20.9. The van der Waals surface area contributed by atoms with Gasteiger partial charge in [0, 0.05) is 44.2 Å². The van der Waals surface area contributed by atoms with Gasteiger partial charge in [-0.3, -0.25) is 9.59 Å². The number of aliphatic hydroxyl groups excluding tert-OH is 1. The van der Waals surface area contributed by atoms with Crippen molar-refractivity contribution in [1.82, 2.24) is 4.90 Å². The molecule has 1 amide bonds. The molecule has 4 nitrogen and oxygen atoms in total. The molecule has 3 saturated carbocycles. The quantitative estimate of drug-likeness (QED) is 0.0929. The second-order valence-corrected chi connectivity index (χ2v) is 20.7. The van der Waals surface area contributed by atoms with Crippen molar-refractivity contribution in [2.45, 2.75) is 181 Å². The largest absolute Gasteiger partial charge is 0.391 e. The van der Waals surface area contributed by atoms with E-state index in [4.69, 9.17) is 1.37 Å². The highest BCUT2D eigenvalue weighted by Crippen LogP contribution is 2.67. The van der Waals surface area contributed by atoms with Gasteiger partial charge in [0.15, 0.2) is 0 Å². The number of fused-ring (bicyclic) bond motifs is 5. The van der Waals surface area contributed by atoms with E-state index in [0.717, 1.165) is 66.9 Å². The first kappa shape index (κ1) is 37.3. The fraction of sp³-hybridized carbons (Fsp3) is 0.905. The number of allylic oxidation sites excluding steroid dienone is 2. The number of carbonyl (C=O) groups excluding carboxylic acids is 2. The molecule has 1 aliphatic heterocycles. The standard InChI is InChI=1S/C42H71NO3S2/c1-29(2)12-11-13-30(3)37-18-19-38-36-17-16-32-27-35(20-23-41(32,5)39(36)21-24-42(37,38)6)48-47-25-22-33(44)14-9-7-8-10-15-40(46)43-28-34(45)26-31(43)4/h16,29-31,34-39,45H,7-15,17-28H2,1-6H3/t30-,31-,34-,35+,36?,37-,38?,39?,41+,42-/m1/s1/i4D. The third-order valence-electron chi connectivity index (χ3n) is 14.2. The van der Waals surface area contributed by atoms with Gasteiger partial charge < -0.3 is 10.0 Å². The highest BCUT2D eigenvalue weighted by molar-refractivity contribution is 8.76. The molecule has 4 fully saturated rings. The van der Waals surface area contributed by atoms with Crippen molar-refractivity contribution < 1.29 is 16.1 Å². The number of aliphatic hydroxyl groups is 1. The highest BCUT2D eigenvalue weighted by atomic mass is 33.1. The van der Waals surface area contributed by atoms with Gasteiger partial charge in [-0.2, -0.15) is 0 Å².